The van der Waals surface area contributed by atoms with Gasteiger partial charge in [0, 0.05) is 6.04 Å². The van der Waals surface area contributed by atoms with Crippen molar-refractivity contribution in [3.8, 4) is 0 Å². The maximum Gasteiger partial charge on any atom is 0.00388 e. The Kier molecular flexibility index (Phi) is 6.06. The summed E-state index contributed by atoms with van der Waals surface area (Å²) in [6, 6.07) is 0.302. The predicted molar refractivity (Wildman–Crippen MR) is 60.6 cm³/mol. The third-order valence-electron chi connectivity index (χ3n) is 2.84. The molecule has 0 fully saturated rings. The van der Waals surface area contributed by atoms with Gasteiger partial charge in [-0.3, -0.25) is 0 Å². The van der Waals surface area contributed by atoms with Crippen LogP contribution in [-0.2, 0) is 0 Å². The molecule has 0 radical (unpaired) electrons. The molecule has 13 heavy (non-hydrogen) atoms. The molecule has 1 nitrogen and oxygen atoms in total. The van der Waals surface area contributed by atoms with Crippen LogP contribution in [0.2, 0.25) is 0 Å². The molecule has 0 spiro atoms. The highest BCUT2D eigenvalue weighted by Gasteiger charge is 2.19. The number of rotatable bonds is 6. The van der Waals surface area contributed by atoms with Crippen LogP contribution in [0.1, 0.15) is 47.0 Å². The van der Waals surface area contributed by atoms with Gasteiger partial charge in [-0.05, 0) is 32.1 Å². The van der Waals surface area contributed by atoms with E-state index in [9.17, 15) is 0 Å². The summed E-state index contributed by atoms with van der Waals surface area (Å²) >= 11 is 0. The molecule has 0 aliphatic carbocycles. The number of nitrogens with two attached hydrogens (primary N) is 1. The fraction of sp³-hybridized carbons (Fsp3) is 0.833. The van der Waals surface area contributed by atoms with Gasteiger partial charge in [0.1, 0.15) is 0 Å². The van der Waals surface area contributed by atoms with Crippen LogP contribution in [0.4, 0.5) is 0 Å². The topological polar surface area (TPSA) is 26.0 Å². The standard InChI is InChI=1S/C12H25N/c1-6-7-12(8-9(2)3)10(4)11(5)13/h10-12H,2,6-8,13H2,1,3-5H3. The zero-order valence-corrected chi connectivity index (χ0v) is 9.64. The molecule has 0 aliphatic rings. The van der Waals surface area contributed by atoms with Crippen LogP contribution in [-0.4, -0.2) is 6.04 Å². The van der Waals surface area contributed by atoms with Gasteiger partial charge in [-0.2, -0.15) is 0 Å². The van der Waals surface area contributed by atoms with Crippen molar-refractivity contribution in [2.45, 2.75) is 53.0 Å². The fourth-order valence-electron chi connectivity index (χ4n) is 1.80. The molecule has 0 rings (SSSR count). The molecule has 0 aromatic carbocycles. The summed E-state index contributed by atoms with van der Waals surface area (Å²) in [5, 5.41) is 0. The maximum atomic E-state index is 5.91. The molecule has 3 unspecified atom stereocenters. The van der Waals surface area contributed by atoms with E-state index >= 15 is 0 Å². The normalized spacial score (nSPS) is 17.9. The summed E-state index contributed by atoms with van der Waals surface area (Å²) in [5.74, 6) is 1.33. The van der Waals surface area contributed by atoms with Gasteiger partial charge in [0.2, 0.25) is 0 Å². The van der Waals surface area contributed by atoms with E-state index in [0.29, 0.717) is 12.0 Å². The average Bonchev–Trinajstić information content (AvgIpc) is 2.01. The van der Waals surface area contributed by atoms with Gasteiger partial charge in [-0.1, -0.05) is 32.3 Å². The number of allylic oxidation sites excluding steroid dienone is 1. The molecule has 0 saturated carbocycles. The first-order valence-electron chi connectivity index (χ1n) is 5.39. The lowest BCUT2D eigenvalue weighted by Crippen LogP contribution is -2.30. The first-order valence-corrected chi connectivity index (χ1v) is 5.39. The summed E-state index contributed by atoms with van der Waals surface area (Å²) in [6.45, 7) is 12.7. The summed E-state index contributed by atoms with van der Waals surface area (Å²) < 4.78 is 0. The van der Waals surface area contributed by atoms with Crippen molar-refractivity contribution in [2.24, 2.45) is 17.6 Å². The summed E-state index contributed by atoms with van der Waals surface area (Å²) in [5.41, 5.74) is 7.20. The Labute approximate surface area is 83.4 Å². The van der Waals surface area contributed by atoms with E-state index in [2.05, 4.69) is 34.3 Å². The first kappa shape index (κ1) is 12.7. The minimum Gasteiger partial charge on any atom is -0.328 e. The predicted octanol–water partition coefficient (Wildman–Crippen LogP) is 3.35. The van der Waals surface area contributed by atoms with E-state index < -0.39 is 0 Å². The van der Waals surface area contributed by atoms with Gasteiger partial charge in [-0.25, -0.2) is 0 Å². The second-order valence-corrected chi connectivity index (χ2v) is 4.43. The van der Waals surface area contributed by atoms with Crippen LogP contribution in [0.3, 0.4) is 0 Å². The monoisotopic (exact) mass is 183 g/mol. The Bertz CT molecular complexity index is 149. The molecule has 0 aromatic heterocycles. The molecule has 2 N–H and O–H groups in total. The van der Waals surface area contributed by atoms with Crippen LogP contribution in [0.25, 0.3) is 0 Å². The highest BCUT2D eigenvalue weighted by atomic mass is 14.6. The van der Waals surface area contributed by atoms with Gasteiger partial charge in [-0.15, -0.1) is 6.58 Å². The molecule has 3 atom stereocenters. The van der Waals surface area contributed by atoms with Crippen LogP contribution in [0.15, 0.2) is 12.2 Å². The van der Waals surface area contributed by atoms with Gasteiger partial charge < -0.3 is 5.73 Å². The van der Waals surface area contributed by atoms with E-state index in [4.69, 9.17) is 5.73 Å². The minimum absolute atomic E-state index is 0.302. The molecule has 0 bridgehead atoms. The summed E-state index contributed by atoms with van der Waals surface area (Å²) in [4.78, 5) is 0. The third kappa shape index (κ3) is 5.09. The zero-order chi connectivity index (χ0) is 10.4. The van der Waals surface area contributed by atoms with E-state index in [1.807, 2.05) is 0 Å². The Morgan fingerprint density at radius 1 is 1.38 bits per heavy atom. The van der Waals surface area contributed by atoms with Gasteiger partial charge in [0.15, 0.2) is 0 Å². The molecule has 1 heteroatoms. The first-order chi connectivity index (χ1) is 5.99. The molecule has 0 heterocycles. The van der Waals surface area contributed by atoms with Gasteiger partial charge >= 0.3 is 0 Å². The lowest BCUT2D eigenvalue weighted by atomic mass is 9.82. The summed E-state index contributed by atoms with van der Waals surface area (Å²) in [7, 11) is 0. The Morgan fingerprint density at radius 3 is 2.23 bits per heavy atom. The fourth-order valence-corrected chi connectivity index (χ4v) is 1.80. The van der Waals surface area contributed by atoms with E-state index in [0.717, 1.165) is 12.3 Å². The van der Waals surface area contributed by atoms with E-state index in [-0.39, 0.29) is 0 Å². The largest absolute Gasteiger partial charge is 0.328 e. The molecular weight excluding hydrogens is 158 g/mol. The smallest absolute Gasteiger partial charge is 0.00388 e. The summed E-state index contributed by atoms with van der Waals surface area (Å²) in [6.07, 6.45) is 3.65. The minimum atomic E-state index is 0.302. The van der Waals surface area contributed by atoms with Crippen molar-refractivity contribution >= 4 is 0 Å². The van der Waals surface area contributed by atoms with Crippen LogP contribution >= 0.6 is 0 Å². The molecule has 0 aromatic rings. The highest BCUT2D eigenvalue weighted by molar-refractivity contribution is 4.92. The van der Waals surface area contributed by atoms with Crippen LogP contribution < -0.4 is 5.73 Å². The van der Waals surface area contributed by atoms with Crippen LogP contribution in [0.5, 0.6) is 0 Å². The molecule has 0 saturated heterocycles. The van der Waals surface area contributed by atoms with Gasteiger partial charge in [0.05, 0.1) is 0 Å². The SMILES string of the molecule is C=C(C)CC(CCC)C(C)C(C)N. The number of hydrogen-bond donors (Lipinski definition) is 1. The quantitative estimate of drug-likeness (QED) is 0.628. The van der Waals surface area contributed by atoms with E-state index in [1.165, 1.54) is 18.4 Å². The third-order valence-corrected chi connectivity index (χ3v) is 2.84. The Hall–Kier alpha value is -0.300. The van der Waals surface area contributed by atoms with E-state index in [1.54, 1.807) is 0 Å². The van der Waals surface area contributed by atoms with Crippen molar-refractivity contribution in [3.05, 3.63) is 12.2 Å². The highest BCUT2D eigenvalue weighted by Crippen LogP contribution is 2.25. The van der Waals surface area contributed by atoms with Crippen molar-refractivity contribution in [1.29, 1.82) is 0 Å². The second-order valence-electron chi connectivity index (χ2n) is 4.43. The molecule has 0 aliphatic heterocycles. The van der Waals surface area contributed by atoms with Crippen molar-refractivity contribution in [1.82, 2.24) is 0 Å². The van der Waals surface area contributed by atoms with Gasteiger partial charge in [0.25, 0.3) is 0 Å². The second kappa shape index (κ2) is 6.20. The average molecular weight is 183 g/mol. The maximum absolute atomic E-state index is 5.91. The Morgan fingerprint density at radius 2 is 1.92 bits per heavy atom. The molecule has 0 amide bonds. The number of hydrogen-bond acceptors (Lipinski definition) is 1. The zero-order valence-electron chi connectivity index (χ0n) is 9.64. The lowest BCUT2D eigenvalue weighted by Gasteiger charge is -2.26. The molecular formula is C12H25N. The van der Waals surface area contributed by atoms with Crippen molar-refractivity contribution in [2.75, 3.05) is 0 Å². The van der Waals surface area contributed by atoms with Crippen LogP contribution in [0, 0.1) is 11.8 Å². The Balaban J connectivity index is 4.14. The lowest BCUT2D eigenvalue weighted by molar-refractivity contribution is 0.293. The van der Waals surface area contributed by atoms with Crippen molar-refractivity contribution in [3.63, 3.8) is 0 Å². The van der Waals surface area contributed by atoms with Crippen molar-refractivity contribution < 1.29 is 0 Å². The molecule has 78 valence electrons.